The van der Waals surface area contributed by atoms with Gasteiger partial charge in [0.2, 0.25) is 5.91 Å². The molecule has 5 rings (SSSR count). The minimum Gasteiger partial charge on any atom is -0.339 e. The number of piperazine rings is 1. The van der Waals surface area contributed by atoms with Gasteiger partial charge in [-0.1, -0.05) is 29.6 Å². The van der Waals surface area contributed by atoms with Gasteiger partial charge in [-0.2, -0.15) is 0 Å². The molecule has 2 aromatic rings. The van der Waals surface area contributed by atoms with Crippen LogP contribution >= 0.6 is 34.5 Å². The molecule has 2 aliphatic heterocycles. The van der Waals surface area contributed by atoms with Gasteiger partial charge in [0.1, 0.15) is 5.01 Å². The zero-order valence-electron chi connectivity index (χ0n) is 16.9. The van der Waals surface area contributed by atoms with Gasteiger partial charge in [-0.05, 0) is 31.0 Å². The SMILES string of the molecule is O=C(CN1CCc2nc(-c3cc(Cl)cc(Cl)c3)sc2C1)N1CCN(C2CCC2)CC1. The van der Waals surface area contributed by atoms with E-state index in [9.17, 15) is 4.79 Å². The van der Waals surface area contributed by atoms with Crippen LogP contribution in [-0.2, 0) is 17.8 Å². The Hall–Kier alpha value is -1.18. The summed E-state index contributed by atoms with van der Waals surface area (Å²) in [6, 6.07) is 6.32. The van der Waals surface area contributed by atoms with Crippen LogP contribution in [0.1, 0.15) is 29.8 Å². The molecule has 1 amide bonds. The van der Waals surface area contributed by atoms with Crippen LogP contribution in [0.3, 0.4) is 0 Å². The summed E-state index contributed by atoms with van der Waals surface area (Å²) in [5.41, 5.74) is 2.10. The standard InChI is InChI=1S/C22H26Cl2N4OS/c23-16-10-15(11-17(24)12-16)22-25-19-4-5-26(13-20(19)30-22)14-21(29)28-8-6-27(7-9-28)18-2-1-3-18/h10-12,18H,1-9,13-14H2. The molecule has 1 saturated carbocycles. The van der Waals surface area contributed by atoms with Crippen molar-refractivity contribution in [2.45, 2.75) is 38.3 Å². The number of amides is 1. The maximum atomic E-state index is 12.9. The van der Waals surface area contributed by atoms with E-state index in [0.29, 0.717) is 16.6 Å². The third-order valence-corrected chi connectivity index (χ3v) is 8.10. The van der Waals surface area contributed by atoms with Crippen molar-refractivity contribution in [2.75, 3.05) is 39.3 Å². The second-order valence-corrected chi connectivity index (χ2v) is 10.5. The first-order valence-electron chi connectivity index (χ1n) is 10.7. The van der Waals surface area contributed by atoms with Gasteiger partial charge in [-0.3, -0.25) is 14.6 Å². The lowest BCUT2D eigenvalue weighted by atomic mass is 9.91. The largest absolute Gasteiger partial charge is 0.339 e. The fourth-order valence-corrected chi connectivity index (χ4v) is 6.23. The Morgan fingerprint density at radius 2 is 1.80 bits per heavy atom. The molecule has 3 aliphatic rings. The number of benzene rings is 1. The lowest BCUT2D eigenvalue weighted by Gasteiger charge is -2.43. The molecule has 0 unspecified atom stereocenters. The van der Waals surface area contributed by atoms with E-state index in [1.165, 1.54) is 24.1 Å². The van der Waals surface area contributed by atoms with Crippen molar-refractivity contribution >= 4 is 40.4 Å². The molecule has 1 aromatic carbocycles. The van der Waals surface area contributed by atoms with Crippen LogP contribution in [0.15, 0.2) is 18.2 Å². The fourth-order valence-electron chi connectivity index (χ4n) is 4.56. The van der Waals surface area contributed by atoms with E-state index in [1.807, 2.05) is 12.1 Å². The molecule has 160 valence electrons. The molecular formula is C22H26Cl2N4OS. The van der Waals surface area contributed by atoms with Crippen LogP contribution in [0, 0.1) is 0 Å². The van der Waals surface area contributed by atoms with E-state index in [4.69, 9.17) is 28.2 Å². The van der Waals surface area contributed by atoms with Crippen molar-refractivity contribution in [3.8, 4) is 10.6 Å². The maximum absolute atomic E-state index is 12.9. The molecule has 0 atom stereocenters. The second-order valence-electron chi connectivity index (χ2n) is 8.51. The Kier molecular flexibility index (Phi) is 6.04. The maximum Gasteiger partial charge on any atom is 0.236 e. The van der Waals surface area contributed by atoms with Crippen LogP contribution in [-0.4, -0.2) is 70.9 Å². The highest BCUT2D eigenvalue weighted by molar-refractivity contribution is 7.15. The summed E-state index contributed by atoms with van der Waals surface area (Å²) in [6.07, 6.45) is 4.91. The first-order valence-corrected chi connectivity index (χ1v) is 12.3. The van der Waals surface area contributed by atoms with Crippen LogP contribution in [0.25, 0.3) is 10.6 Å². The first kappa shape index (κ1) is 20.7. The molecule has 3 heterocycles. The molecule has 8 heteroatoms. The summed E-state index contributed by atoms with van der Waals surface area (Å²) in [7, 11) is 0. The predicted octanol–water partition coefficient (Wildman–Crippen LogP) is 4.17. The number of hydrogen-bond donors (Lipinski definition) is 0. The third-order valence-electron chi connectivity index (χ3n) is 6.54. The van der Waals surface area contributed by atoms with Crippen molar-refractivity contribution < 1.29 is 4.79 Å². The number of hydrogen-bond acceptors (Lipinski definition) is 5. The van der Waals surface area contributed by atoms with Crippen molar-refractivity contribution in [1.29, 1.82) is 0 Å². The highest BCUT2D eigenvalue weighted by Gasteiger charge is 2.30. The predicted molar refractivity (Wildman–Crippen MR) is 122 cm³/mol. The van der Waals surface area contributed by atoms with Gasteiger partial charge in [0.05, 0.1) is 12.2 Å². The van der Waals surface area contributed by atoms with Crippen LogP contribution in [0.5, 0.6) is 0 Å². The van der Waals surface area contributed by atoms with Crippen molar-refractivity contribution in [3.63, 3.8) is 0 Å². The Labute approximate surface area is 191 Å². The van der Waals surface area contributed by atoms with E-state index < -0.39 is 0 Å². The minimum atomic E-state index is 0.262. The summed E-state index contributed by atoms with van der Waals surface area (Å²) in [6.45, 7) is 5.96. The molecule has 0 radical (unpaired) electrons. The fraction of sp³-hybridized carbons (Fsp3) is 0.545. The highest BCUT2D eigenvalue weighted by Crippen LogP contribution is 2.34. The lowest BCUT2D eigenvalue weighted by Crippen LogP contribution is -2.55. The summed E-state index contributed by atoms with van der Waals surface area (Å²) in [5.74, 6) is 0.262. The van der Waals surface area contributed by atoms with E-state index in [2.05, 4.69) is 14.7 Å². The van der Waals surface area contributed by atoms with E-state index >= 15 is 0 Å². The van der Waals surface area contributed by atoms with Crippen molar-refractivity contribution in [1.82, 2.24) is 19.7 Å². The summed E-state index contributed by atoms with van der Waals surface area (Å²) < 4.78 is 0. The summed E-state index contributed by atoms with van der Waals surface area (Å²) in [4.78, 5) is 25.8. The zero-order chi connectivity index (χ0) is 20.7. The summed E-state index contributed by atoms with van der Waals surface area (Å²) >= 11 is 14.0. The molecule has 0 spiro atoms. The van der Waals surface area contributed by atoms with Crippen LogP contribution < -0.4 is 0 Å². The number of carbonyl (C=O) groups is 1. The number of halogens is 2. The topological polar surface area (TPSA) is 39.7 Å². The van der Waals surface area contributed by atoms with Crippen LogP contribution in [0.4, 0.5) is 0 Å². The van der Waals surface area contributed by atoms with Gasteiger partial charge in [-0.15, -0.1) is 11.3 Å². The second kappa shape index (κ2) is 8.75. The molecule has 2 fully saturated rings. The number of nitrogens with zero attached hydrogens (tertiary/aromatic N) is 4. The Morgan fingerprint density at radius 1 is 1.07 bits per heavy atom. The van der Waals surface area contributed by atoms with Gasteiger partial charge >= 0.3 is 0 Å². The first-order chi connectivity index (χ1) is 14.5. The Morgan fingerprint density at radius 3 is 2.47 bits per heavy atom. The number of rotatable bonds is 4. The zero-order valence-corrected chi connectivity index (χ0v) is 19.3. The van der Waals surface area contributed by atoms with Crippen molar-refractivity contribution in [3.05, 3.63) is 38.8 Å². The number of aromatic nitrogens is 1. The molecule has 0 N–H and O–H groups in total. The quantitative estimate of drug-likeness (QED) is 0.680. The average molecular weight is 465 g/mol. The van der Waals surface area contributed by atoms with Crippen LogP contribution in [0.2, 0.25) is 10.0 Å². The lowest BCUT2D eigenvalue weighted by molar-refractivity contribution is -0.135. The van der Waals surface area contributed by atoms with Gasteiger partial charge in [-0.25, -0.2) is 4.98 Å². The van der Waals surface area contributed by atoms with Gasteiger partial charge in [0.15, 0.2) is 0 Å². The van der Waals surface area contributed by atoms with E-state index in [0.717, 1.165) is 68.0 Å². The minimum absolute atomic E-state index is 0.262. The summed E-state index contributed by atoms with van der Waals surface area (Å²) in [5, 5.41) is 2.19. The van der Waals surface area contributed by atoms with E-state index in [-0.39, 0.29) is 5.91 Å². The molecule has 5 nitrogen and oxygen atoms in total. The van der Waals surface area contributed by atoms with Gasteiger partial charge < -0.3 is 4.90 Å². The molecule has 30 heavy (non-hydrogen) atoms. The molecule has 1 aromatic heterocycles. The van der Waals surface area contributed by atoms with Gasteiger partial charge in [0.25, 0.3) is 0 Å². The normalized spacial score (nSPS) is 20.8. The molecule has 1 saturated heterocycles. The smallest absolute Gasteiger partial charge is 0.236 e. The monoisotopic (exact) mass is 464 g/mol. The molecular weight excluding hydrogens is 439 g/mol. The van der Waals surface area contributed by atoms with E-state index in [1.54, 1.807) is 17.4 Å². The highest BCUT2D eigenvalue weighted by atomic mass is 35.5. The molecule has 1 aliphatic carbocycles. The van der Waals surface area contributed by atoms with Crippen molar-refractivity contribution in [2.24, 2.45) is 0 Å². The van der Waals surface area contributed by atoms with Gasteiger partial charge in [0, 0.05) is 72.2 Å². The average Bonchev–Trinajstić information content (AvgIpc) is 3.10. The Balaban J connectivity index is 1.19. The number of thiazole rings is 1. The Bertz CT molecular complexity index is 917. The number of fused-ring (bicyclic) bond motifs is 1. The third kappa shape index (κ3) is 4.39. The molecule has 0 bridgehead atoms. The number of carbonyl (C=O) groups excluding carboxylic acids is 1.